The molecule has 0 fully saturated rings. The van der Waals surface area contributed by atoms with E-state index < -0.39 is 10.0 Å². The lowest BCUT2D eigenvalue weighted by Crippen LogP contribution is -2.24. The monoisotopic (exact) mass is 277 g/mol. The maximum atomic E-state index is 11.7. The molecule has 102 valence electrons. The van der Waals surface area contributed by atoms with Gasteiger partial charge in [0.1, 0.15) is 0 Å². The minimum absolute atomic E-state index is 0.517. The van der Waals surface area contributed by atoms with Crippen LogP contribution in [0.2, 0.25) is 0 Å². The third-order valence-electron chi connectivity index (χ3n) is 2.84. The Bertz CT molecular complexity index is 627. The highest BCUT2D eigenvalue weighted by atomic mass is 32.2. The van der Waals surface area contributed by atoms with Gasteiger partial charge in [-0.15, -0.1) is 0 Å². The molecule has 0 aromatic heterocycles. The Hall–Kier alpha value is -1.81. The van der Waals surface area contributed by atoms with Crippen molar-refractivity contribution >= 4 is 15.6 Å². The molecule has 3 nitrogen and oxygen atoms in total. The molecule has 0 unspecified atom stereocenters. The third kappa shape index (κ3) is 3.58. The molecule has 1 aromatic rings. The first kappa shape index (κ1) is 15.2. The zero-order chi connectivity index (χ0) is 14.6. The third-order valence-corrected chi connectivity index (χ3v) is 4.03. The van der Waals surface area contributed by atoms with E-state index in [2.05, 4.69) is 13.2 Å². The second kappa shape index (κ2) is 5.89. The summed E-state index contributed by atoms with van der Waals surface area (Å²) >= 11 is 0. The van der Waals surface area contributed by atoms with Gasteiger partial charge < -0.3 is 0 Å². The fraction of sp³-hybridized carbons (Fsp3) is 0.200. The van der Waals surface area contributed by atoms with E-state index in [1.807, 2.05) is 31.2 Å². The van der Waals surface area contributed by atoms with Crippen molar-refractivity contribution in [3.8, 4) is 0 Å². The Morgan fingerprint density at radius 1 is 1.26 bits per heavy atom. The normalized spacial score (nSPS) is 12.6. The molecular formula is C15H19NO2S. The molecule has 0 saturated carbocycles. The summed E-state index contributed by atoms with van der Waals surface area (Å²) in [6.45, 7) is 9.46. The van der Waals surface area contributed by atoms with Gasteiger partial charge in [-0.2, -0.15) is 0 Å². The topological polar surface area (TPSA) is 37.4 Å². The summed E-state index contributed by atoms with van der Waals surface area (Å²) in [6.07, 6.45) is 4.33. The highest BCUT2D eigenvalue weighted by molar-refractivity contribution is 7.88. The SMILES string of the molecule is C=CC(=C(C=C)N(C)S(C)(=O)=O)c1cccc(C)c1. The van der Waals surface area contributed by atoms with Crippen LogP contribution < -0.4 is 0 Å². The van der Waals surface area contributed by atoms with E-state index >= 15 is 0 Å². The highest BCUT2D eigenvalue weighted by Crippen LogP contribution is 2.24. The van der Waals surface area contributed by atoms with Crippen molar-refractivity contribution in [2.24, 2.45) is 0 Å². The predicted octanol–water partition coefficient (Wildman–Crippen LogP) is 2.97. The molecule has 0 radical (unpaired) electrons. The second-order valence-electron chi connectivity index (χ2n) is 4.31. The zero-order valence-corrected chi connectivity index (χ0v) is 12.4. The summed E-state index contributed by atoms with van der Waals surface area (Å²) in [4.78, 5) is 0. The van der Waals surface area contributed by atoms with E-state index in [0.29, 0.717) is 5.70 Å². The second-order valence-corrected chi connectivity index (χ2v) is 6.32. The average Bonchev–Trinajstić information content (AvgIpc) is 2.33. The highest BCUT2D eigenvalue weighted by Gasteiger charge is 2.16. The van der Waals surface area contributed by atoms with Crippen LogP contribution in [-0.2, 0) is 10.0 Å². The number of likely N-dealkylation sites (N-methyl/N-ethyl adjacent to an activating group) is 1. The molecule has 0 spiro atoms. The summed E-state index contributed by atoms with van der Waals surface area (Å²) in [6, 6.07) is 7.81. The lowest BCUT2D eigenvalue weighted by Gasteiger charge is -2.21. The molecule has 0 saturated heterocycles. The molecule has 0 atom stereocenters. The molecule has 1 aromatic carbocycles. The van der Waals surface area contributed by atoms with Gasteiger partial charge in [0.15, 0.2) is 0 Å². The Morgan fingerprint density at radius 3 is 2.32 bits per heavy atom. The van der Waals surface area contributed by atoms with Crippen LogP contribution >= 0.6 is 0 Å². The van der Waals surface area contributed by atoms with E-state index in [9.17, 15) is 8.42 Å². The van der Waals surface area contributed by atoms with Crippen molar-refractivity contribution in [3.05, 3.63) is 66.4 Å². The molecule has 0 aliphatic rings. The van der Waals surface area contributed by atoms with Gasteiger partial charge >= 0.3 is 0 Å². The molecule has 0 bridgehead atoms. The predicted molar refractivity (Wildman–Crippen MR) is 81.1 cm³/mol. The van der Waals surface area contributed by atoms with Crippen molar-refractivity contribution in [2.75, 3.05) is 13.3 Å². The van der Waals surface area contributed by atoms with Gasteiger partial charge in [0.05, 0.1) is 12.0 Å². The number of hydrogen-bond donors (Lipinski definition) is 0. The van der Waals surface area contributed by atoms with Crippen LogP contribution in [0.1, 0.15) is 11.1 Å². The van der Waals surface area contributed by atoms with E-state index in [1.165, 1.54) is 17.4 Å². The number of aryl methyl sites for hydroxylation is 1. The molecule has 4 heteroatoms. The van der Waals surface area contributed by atoms with E-state index in [-0.39, 0.29) is 0 Å². The van der Waals surface area contributed by atoms with Crippen molar-refractivity contribution in [1.82, 2.24) is 4.31 Å². The molecular weight excluding hydrogens is 258 g/mol. The standard InChI is InChI=1S/C15H19NO2S/c1-6-14(13-10-8-9-12(3)11-13)15(7-2)16(4)19(5,17)18/h6-11H,1-2H2,3-5H3. The molecule has 0 heterocycles. The lowest BCUT2D eigenvalue weighted by molar-refractivity contribution is 0.537. The van der Waals surface area contributed by atoms with Crippen molar-refractivity contribution in [1.29, 1.82) is 0 Å². The van der Waals surface area contributed by atoms with E-state index in [0.717, 1.165) is 23.0 Å². The van der Waals surface area contributed by atoms with E-state index in [1.54, 1.807) is 6.08 Å². The summed E-state index contributed by atoms with van der Waals surface area (Å²) in [5, 5.41) is 0. The minimum atomic E-state index is -3.33. The van der Waals surface area contributed by atoms with Gasteiger partial charge in [0.25, 0.3) is 0 Å². The summed E-state index contributed by atoms with van der Waals surface area (Å²) in [5.41, 5.74) is 3.28. The van der Waals surface area contributed by atoms with Gasteiger partial charge in [-0.3, -0.25) is 4.31 Å². The Labute approximate surface area is 115 Å². The maximum Gasteiger partial charge on any atom is 0.232 e. The Kier molecular flexibility index (Phi) is 4.72. The molecule has 0 N–H and O–H groups in total. The van der Waals surface area contributed by atoms with Crippen molar-refractivity contribution < 1.29 is 8.42 Å². The van der Waals surface area contributed by atoms with Gasteiger partial charge in [-0.05, 0) is 18.6 Å². The van der Waals surface area contributed by atoms with Crippen LogP contribution in [-0.4, -0.2) is 26.0 Å². The van der Waals surface area contributed by atoms with Crippen LogP contribution in [0.3, 0.4) is 0 Å². The average molecular weight is 277 g/mol. The van der Waals surface area contributed by atoms with Crippen LogP contribution in [0.15, 0.2) is 55.3 Å². The summed E-state index contributed by atoms with van der Waals surface area (Å²) < 4.78 is 24.5. The van der Waals surface area contributed by atoms with Gasteiger partial charge in [0.2, 0.25) is 10.0 Å². The first-order valence-corrected chi connectivity index (χ1v) is 7.66. The van der Waals surface area contributed by atoms with Crippen LogP contribution in [0.5, 0.6) is 0 Å². The number of rotatable bonds is 5. The summed E-state index contributed by atoms with van der Waals surface area (Å²) in [7, 11) is -1.83. The molecule has 1 rings (SSSR count). The first-order valence-electron chi connectivity index (χ1n) is 5.81. The Balaban J connectivity index is 3.51. The van der Waals surface area contributed by atoms with Crippen molar-refractivity contribution in [3.63, 3.8) is 0 Å². The fourth-order valence-corrected chi connectivity index (χ4v) is 2.30. The minimum Gasteiger partial charge on any atom is -0.273 e. The fourth-order valence-electron chi connectivity index (χ4n) is 1.77. The van der Waals surface area contributed by atoms with Crippen LogP contribution in [0, 0.1) is 6.92 Å². The quantitative estimate of drug-likeness (QED) is 0.776. The van der Waals surface area contributed by atoms with Crippen LogP contribution in [0.25, 0.3) is 5.57 Å². The molecule has 0 amide bonds. The van der Waals surface area contributed by atoms with Crippen molar-refractivity contribution in [2.45, 2.75) is 6.92 Å². The lowest BCUT2D eigenvalue weighted by atomic mass is 10.0. The Morgan fingerprint density at radius 2 is 1.89 bits per heavy atom. The van der Waals surface area contributed by atoms with Crippen LogP contribution in [0.4, 0.5) is 0 Å². The number of sulfonamides is 1. The number of hydrogen-bond acceptors (Lipinski definition) is 2. The maximum absolute atomic E-state index is 11.7. The molecule has 19 heavy (non-hydrogen) atoms. The first-order chi connectivity index (χ1) is 8.81. The number of nitrogens with zero attached hydrogens (tertiary/aromatic N) is 1. The van der Waals surface area contributed by atoms with Gasteiger partial charge in [0, 0.05) is 12.6 Å². The zero-order valence-electron chi connectivity index (χ0n) is 11.6. The smallest absolute Gasteiger partial charge is 0.232 e. The van der Waals surface area contributed by atoms with Gasteiger partial charge in [-0.1, -0.05) is 49.1 Å². The van der Waals surface area contributed by atoms with Gasteiger partial charge in [-0.25, -0.2) is 8.42 Å². The summed E-state index contributed by atoms with van der Waals surface area (Å²) in [5.74, 6) is 0. The number of allylic oxidation sites excluding steroid dienone is 3. The molecule has 0 aliphatic carbocycles. The largest absolute Gasteiger partial charge is 0.273 e. The number of benzene rings is 1. The van der Waals surface area contributed by atoms with E-state index in [4.69, 9.17) is 0 Å². The molecule has 0 aliphatic heterocycles.